The number of phenols is 1. The molecule has 0 aliphatic carbocycles. The zero-order valence-electron chi connectivity index (χ0n) is 12.8. The van der Waals surface area contributed by atoms with Gasteiger partial charge in [0.25, 0.3) is 0 Å². The SMILES string of the molecule is CC(C)C[C@@H](c1cc(Cl)cc(Br)c1O)N1CCNCC1.Cl.Cl. The lowest BCUT2D eigenvalue weighted by Crippen LogP contribution is -2.45. The number of aromatic hydroxyl groups is 1. The molecule has 1 atom stereocenters. The van der Waals surface area contributed by atoms with Gasteiger partial charge < -0.3 is 10.4 Å². The fraction of sp³-hybridized carbons (Fsp3) is 0.600. The van der Waals surface area contributed by atoms with Gasteiger partial charge in [0, 0.05) is 42.8 Å². The van der Waals surface area contributed by atoms with Crippen LogP contribution in [0.5, 0.6) is 5.75 Å². The summed E-state index contributed by atoms with van der Waals surface area (Å²) in [6, 6.07) is 3.86. The Bertz CT molecular complexity index is 468. The Hall–Kier alpha value is 0.290. The third kappa shape index (κ3) is 5.73. The fourth-order valence-electron chi connectivity index (χ4n) is 2.75. The average molecular weight is 435 g/mol. The lowest BCUT2D eigenvalue weighted by Gasteiger charge is -2.36. The molecule has 1 aromatic rings. The summed E-state index contributed by atoms with van der Waals surface area (Å²) in [5.41, 5.74) is 0.931. The van der Waals surface area contributed by atoms with E-state index in [1.165, 1.54) is 0 Å². The first kappa shape index (κ1) is 22.3. The van der Waals surface area contributed by atoms with Gasteiger partial charge in [-0.2, -0.15) is 0 Å². The monoisotopic (exact) mass is 432 g/mol. The van der Waals surface area contributed by atoms with Crippen molar-refractivity contribution in [3.63, 3.8) is 0 Å². The summed E-state index contributed by atoms with van der Waals surface area (Å²) in [7, 11) is 0. The van der Waals surface area contributed by atoms with Gasteiger partial charge in [-0.05, 0) is 40.4 Å². The zero-order chi connectivity index (χ0) is 14.7. The Morgan fingerprint density at radius 2 is 1.86 bits per heavy atom. The average Bonchev–Trinajstić information content (AvgIpc) is 2.41. The molecule has 2 N–H and O–H groups in total. The Morgan fingerprint density at radius 3 is 2.41 bits per heavy atom. The molecule has 7 heteroatoms. The quantitative estimate of drug-likeness (QED) is 0.724. The highest BCUT2D eigenvalue weighted by Gasteiger charge is 2.26. The Labute approximate surface area is 158 Å². The van der Waals surface area contributed by atoms with Gasteiger partial charge in [-0.1, -0.05) is 25.4 Å². The van der Waals surface area contributed by atoms with Crippen molar-refractivity contribution in [2.75, 3.05) is 26.2 Å². The van der Waals surface area contributed by atoms with Crippen LogP contribution in [-0.2, 0) is 0 Å². The lowest BCUT2D eigenvalue weighted by molar-refractivity contribution is 0.151. The summed E-state index contributed by atoms with van der Waals surface area (Å²) in [5.74, 6) is 0.880. The largest absolute Gasteiger partial charge is 0.506 e. The zero-order valence-corrected chi connectivity index (χ0v) is 16.8. The van der Waals surface area contributed by atoms with Crippen LogP contribution < -0.4 is 5.32 Å². The molecular formula is C15H24BrCl3N2O. The van der Waals surface area contributed by atoms with Crippen molar-refractivity contribution in [2.45, 2.75) is 26.3 Å². The number of nitrogens with one attached hydrogen (secondary N) is 1. The van der Waals surface area contributed by atoms with E-state index in [9.17, 15) is 5.11 Å². The second-order valence-electron chi connectivity index (χ2n) is 5.76. The van der Waals surface area contributed by atoms with Gasteiger partial charge >= 0.3 is 0 Å². The molecule has 1 fully saturated rings. The summed E-state index contributed by atoms with van der Waals surface area (Å²) in [5, 5.41) is 14.4. The molecule has 1 saturated heterocycles. The van der Waals surface area contributed by atoms with Crippen molar-refractivity contribution in [3.05, 3.63) is 27.2 Å². The van der Waals surface area contributed by atoms with Gasteiger partial charge in [0.05, 0.1) is 4.47 Å². The van der Waals surface area contributed by atoms with Crippen LogP contribution >= 0.6 is 52.3 Å². The second kappa shape index (κ2) is 10.2. The first-order valence-electron chi connectivity index (χ1n) is 7.11. The molecule has 1 aliphatic heterocycles. The molecule has 0 bridgehead atoms. The van der Waals surface area contributed by atoms with Crippen LogP contribution in [-0.4, -0.2) is 36.2 Å². The Balaban J connectivity index is 0.00000220. The van der Waals surface area contributed by atoms with Crippen molar-refractivity contribution >= 4 is 52.3 Å². The van der Waals surface area contributed by atoms with Gasteiger partial charge in [-0.25, -0.2) is 0 Å². The number of benzene rings is 1. The number of phenolic OH excluding ortho intramolecular Hbond substituents is 1. The standard InChI is InChI=1S/C15H22BrClN2O.2ClH/c1-10(2)7-14(19-5-3-18-4-6-19)12-8-11(17)9-13(16)15(12)20;;/h8-10,14,18,20H,3-7H2,1-2H3;2*1H/t14-;;/m0../s1. The van der Waals surface area contributed by atoms with Gasteiger partial charge in [0.2, 0.25) is 0 Å². The summed E-state index contributed by atoms with van der Waals surface area (Å²) < 4.78 is 0.670. The van der Waals surface area contributed by atoms with E-state index >= 15 is 0 Å². The first-order chi connectivity index (χ1) is 9.49. The van der Waals surface area contributed by atoms with E-state index in [1.54, 1.807) is 6.07 Å². The van der Waals surface area contributed by atoms with Crippen LogP contribution in [0.4, 0.5) is 0 Å². The van der Waals surface area contributed by atoms with Crippen LogP contribution in [0.2, 0.25) is 5.02 Å². The Kier molecular flexibility index (Phi) is 10.4. The molecule has 22 heavy (non-hydrogen) atoms. The predicted octanol–water partition coefficient (Wildman–Crippen LogP) is 4.64. The molecule has 1 aliphatic rings. The van der Waals surface area contributed by atoms with Crippen LogP contribution in [0.25, 0.3) is 0 Å². The Morgan fingerprint density at radius 1 is 1.27 bits per heavy atom. The van der Waals surface area contributed by atoms with Crippen molar-refractivity contribution in [2.24, 2.45) is 5.92 Å². The fourth-order valence-corrected chi connectivity index (χ4v) is 3.59. The number of hydrogen-bond donors (Lipinski definition) is 2. The van der Waals surface area contributed by atoms with Gasteiger partial charge in [-0.15, -0.1) is 24.8 Å². The van der Waals surface area contributed by atoms with Crippen LogP contribution in [0.15, 0.2) is 16.6 Å². The highest BCUT2D eigenvalue weighted by molar-refractivity contribution is 9.10. The summed E-state index contributed by atoms with van der Waals surface area (Å²) >= 11 is 9.56. The van der Waals surface area contributed by atoms with E-state index in [0.29, 0.717) is 21.2 Å². The van der Waals surface area contributed by atoms with Crippen molar-refractivity contribution in [1.82, 2.24) is 10.2 Å². The molecule has 0 unspecified atom stereocenters. The number of rotatable bonds is 4. The summed E-state index contributed by atoms with van der Waals surface area (Å²) in [6.07, 6.45) is 1.01. The van der Waals surface area contributed by atoms with Gasteiger partial charge in [-0.3, -0.25) is 4.90 Å². The number of piperazine rings is 1. The van der Waals surface area contributed by atoms with Crippen molar-refractivity contribution in [3.8, 4) is 5.75 Å². The molecule has 3 nitrogen and oxygen atoms in total. The molecule has 0 saturated carbocycles. The molecule has 1 aromatic carbocycles. The van der Waals surface area contributed by atoms with Crippen LogP contribution in [0, 0.1) is 5.92 Å². The summed E-state index contributed by atoms with van der Waals surface area (Å²) in [6.45, 7) is 8.42. The van der Waals surface area contributed by atoms with Crippen molar-refractivity contribution < 1.29 is 5.11 Å². The minimum Gasteiger partial charge on any atom is -0.506 e. The number of hydrogen-bond acceptors (Lipinski definition) is 3. The topological polar surface area (TPSA) is 35.5 Å². The maximum atomic E-state index is 10.4. The molecule has 0 aromatic heterocycles. The molecule has 0 radical (unpaired) electrons. The smallest absolute Gasteiger partial charge is 0.134 e. The molecule has 0 amide bonds. The normalized spacial score (nSPS) is 16.8. The van der Waals surface area contributed by atoms with Crippen molar-refractivity contribution in [1.29, 1.82) is 0 Å². The van der Waals surface area contributed by atoms with E-state index in [2.05, 4.69) is 40.0 Å². The molecule has 0 spiro atoms. The van der Waals surface area contributed by atoms with E-state index in [-0.39, 0.29) is 30.9 Å². The molecule has 1 heterocycles. The highest BCUT2D eigenvalue weighted by atomic mass is 79.9. The third-order valence-electron chi connectivity index (χ3n) is 3.70. The molecule has 128 valence electrons. The maximum absolute atomic E-state index is 10.4. The minimum absolute atomic E-state index is 0. The van der Waals surface area contributed by atoms with Gasteiger partial charge in [0.15, 0.2) is 0 Å². The third-order valence-corrected chi connectivity index (χ3v) is 4.53. The lowest BCUT2D eigenvalue weighted by atomic mass is 9.94. The van der Waals surface area contributed by atoms with Crippen LogP contribution in [0.3, 0.4) is 0 Å². The predicted molar refractivity (Wildman–Crippen MR) is 102 cm³/mol. The number of nitrogens with zero attached hydrogens (tertiary/aromatic N) is 1. The molecule has 2 rings (SSSR count). The highest BCUT2D eigenvalue weighted by Crippen LogP contribution is 2.39. The van der Waals surface area contributed by atoms with E-state index < -0.39 is 0 Å². The maximum Gasteiger partial charge on any atom is 0.134 e. The molecular weight excluding hydrogens is 410 g/mol. The van der Waals surface area contributed by atoms with E-state index in [0.717, 1.165) is 38.2 Å². The van der Waals surface area contributed by atoms with E-state index in [1.807, 2.05) is 6.07 Å². The second-order valence-corrected chi connectivity index (χ2v) is 7.05. The summed E-state index contributed by atoms with van der Waals surface area (Å²) in [4.78, 5) is 2.44. The first-order valence-corrected chi connectivity index (χ1v) is 8.28. The number of halogens is 4. The van der Waals surface area contributed by atoms with Crippen LogP contribution in [0.1, 0.15) is 31.9 Å². The van der Waals surface area contributed by atoms with Gasteiger partial charge in [0.1, 0.15) is 5.75 Å². The minimum atomic E-state index is 0. The van der Waals surface area contributed by atoms with E-state index in [4.69, 9.17) is 11.6 Å².